The lowest BCUT2D eigenvalue weighted by atomic mass is 9.97. The van der Waals surface area contributed by atoms with Crippen LogP contribution in [0.15, 0.2) is 23.0 Å². The van der Waals surface area contributed by atoms with Gasteiger partial charge in [-0.15, -0.1) is 11.3 Å². The molecular formula is C21H22N6OS. The average molecular weight is 407 g/mol. The van der Waals surface area contributed by atoms with Gasteiger partial charge < -0.3 is 9.88 Å². The van der Waals surface area contributed by atoms with Crippen LogP contribution < -0.4 is 10.5 Å². The van der Waals surface area contributed by atoms with Gasteiger partial charge in [-0.3, -0.25) is 9.69 Å². The standard InChI is InChI=1S/C21H22N6OS/c22-12-14-4-3-7-18(23-14)27-10-8-26(9-11-27)13-17-24-20(28)19-15-5-1-2-6-16(15)29-21(19)25-17/h3-4,7H,1-2,5-6,8-11,13H2,(H,24,25,28). The first-order valence-electron chi connectivity index (χ1n) is 10.1. The van der Waals surface area contributed by atoms with Gasteiger partial charge in [-0.05, 0) is 43.4 Å². The molecule has 1 aliphatic heterocycles. The highest BCUT2D eigenvalue weighted by Crippen LogP contribution is 2.33. The Balaban J connectivity index is 1.30. The van der Waals surface area contributed by atoms with Crippen LogP contribution >= 0.6 is 11.3 Å². The predicted octanol–water partition coefficient (Wildman–Crippen LogP) is 2.45. The molecule has 7 nitrogen and oxygen atoms in total. The van der Waals surface area contributed by atoms with Gasteiger partial charge in [-0.1, -0.05) is 6.07 Å². The summed E-state index contributed by atoms with van der Waals surface area (Å²) >= 11 is 1.70. The van der Waals surface area contributed by atoms with Crippen molar-refractivity contribution in [1.82, 2.24) is 19.9 Å². The van der Waals surface area contributed by atoms with E-state index >= 15 is 0 Å². The number of thiophene rings is 1. The molecule has 0 aromatic carbocycles. The number of rotatable bonds is 3. The number of nitrogens with zero attached hydrogens (tertiary/aromatic N) is 5. The Kier molecular flexibility index (Phi) is 4.78. The quantitative estimate of drug-likeness (QED) is 0.719. The number of hydrogen-bond acceptors (Lipinski definition) is 7. The molecule has 1 N–H and O–H groups in total. The van der Waals surface area contributed by atoms with Crippen molar-refractivity contribution in [2.24, 2.45) is 0 Å². The number of hydrogen-bond donors (Lipinski definition) is 1. The molecule has 148 valence electrons. The van der Waals surface area contributed by atoms with Crippen molar-refractivity contribution >= 4 is 27.4 Å². The summed E-state index contributed by atoms with van der Waals surface area (Å²) in [5.74, 6) is 1.60. The monoisotopic (exact) mass is 406 g/mol. The van der Waals surface area contributed by atoms with Crippen LogP contribution in [0.2, 0.25) is 0 Å². The van der Waals surface area contributed by atoms with Crippen molar-refractivity contribution in [2.45, 2.75) is 32.2 Å². The predicted molar refractivity (Wildman–Crippen MR) is 113 cm³/mol. The third kappa shape index (κ3) is 3.52. The Morgan fingerprint density at radius 2 is 1.97 bits per heavy atom. The average Bonchev–Trinajstić information content (AvgIpc) is 3.13. The SMILES string of the molecule is N#Cc1cccc(N2CCN(Cc3nc4sc5c(c4c(=O)[nH]3)CCCC5)CC2)n1. The van der Waals surface area contributed by atoms with E-state index in [1.54, 1.807) is 17.4 Å². The van der Waals surface area contributed by atoms with Gasteiger partial charge in [0.05, 0.1) is 11.9 Å². The largest absolute Gasteiger partial charge is 0.354 e. The van der Waals surface area contributed by atoms with E-state index in [0.29, 0.717) is 12.2 Å². The number of nitriles is 1. The number of H-pyrrole nitrogens is 1. The normalized spacial score (nSPS) is 17.3. The molecule has 0 spiro atoms. The molecule has 1 aliphatic carbocycles. The summed E-state index contributed by atoms with van der Waals surface area (Å²) in [6, 6.07) is 7.64. The zero-order chi connectivity index (χ0) is 19.8. The molecule has 0 saturated carbocycles. The lowest BCUT2D eigenvalue weighted by Gasteiger charge is -2.35. The second kappa shape index (κ2) is 7.58. The number of anilines is 1. The molecule has 0 unspecified atom stereocenters. The number of aromatic nitrogens is 3. The van der Waals surface area contributed by atoms with Gasteiger partial charge in [0.25, 0.3) is 5.56 Å². The van der Waals surface area contributed by atoms with E-state index in [0.717, 1.165) is 67.3 Å². The summed E-state index contributed by atoms with van der Waals surface area (Å²) in [5.41, 5.74) is 1.69. The van der Waals surface area contributed by atoms with Crippen LogP contribution in [-0.2, 0) is 19.4 Å². The van der Waals surface area contributed by atoms with Gasteiger partial charge in [0, 0.05) is 31.1 Å². The van der Waals surface area contributed by atoms with Crippen molar-refractivity contribution < 1.29 is 0 Å². The van der Waals surface area contributed by atoms with Gasteiger partial charge >= 0.3 is 0 Å². The summed E-state index contributed by atoms with van der Waals surface area (Å²) in [7, 11) is 0. The summed E-state index contributed by atoms with van der Waals surface area (Å²) in [6.45, 7) is 4.04. The molecule has 3 aromatic heterocycles. The molecular weight excluding hydrogens is 384 g/mol. The minimum Gasteiger partial charge on any atom is -0.354 e. The maximum Gasteiger partial charge on any atom is 0.259 e. The maximum atomic E-state index is 12.7. The number of piperazine rings is 1. The van der Waals surface area contributed by atoms with E-state index < -0.39 is 0 Å². The van der Waals surface area contributed by atoms with Gasteiger partial charge in [0.1, 0.15) is 28.2 Å². The van der Waals surface area contributed by atoms with Gasteiger partial charge in [-0.25, -0.2) is 9.97 Å². The van der Waals surface area contributed by atoms with Crippen LogP contribution in [0, 0.1) is 11.3 Å². The number of aromatic amines is 1. The third-order valence-corrected chi connectivity index (χ3v) is 6.98. The van der Waals surface area contributed by atoms with Crippen molar-refractivity contribution in [3.63, 3.8) is 0 Å². The van der Waals surface area contributed by atoms with E-state index in [4.69, 9.17) is 10.2 Å². The smallest absolute Gasteiger partial charge is 0.259 e. The summed E-state index contributed by atoms with van der Waals surface area (Å²) in [5, 5.41) is 9.86. The van der Waals surface area contributed by atoms with Crippen LogP contribution in [0.5, 0.6) is 0 Å². The molecule has 0 atom stereocenters. The minimum atomic E-state index is 0.0144. The van der Waals surface area contributed by atoms with Gasteiger partial charge in [0.15, 0.2) is 0 Å². The second-order valence-electron chi connectivity index (χ2n) is 7.66. The molecule has 29 heavy (non-hydrogen) atoms. The molecule has 5 rings (SSSR count). The van der Waals surface area contributed by atoms with Crippen molar-refractivity contribution in [1.29, 1.82) is 5.26 Å². The molecule has 2 aliphatic rings. The maximum absolute atomic E-state index is 12.7. The van der Waals surface area contributed by atoms with E-state index in [1.165, 1.54) is 16.9 Å². The van der Waals surface area contributed by atoms with Crippen molar-refractivity contribution in [3.05, 3.63) is 50.5 Å². The molecule has 1 fully saturated rings. The van der Waals surface area contributed by atoms with E-state index in [-0.39, 0.29) is 5.56 Å². The third-order valence-electron chi connectivity index (χ3n) is 5.79. The molecule has 1 saturated heterocycles. The minimum absolute atomic E-state index is 0.0144. The van der Waals surface area contributed by atoms with Crippen LogP contribution in [-0.4, -0.2) is 46.0 Å². The number of fused-ring (bicyclic) bond motifs is 3. The number of aryl methyl sites for hydroxylation is 2. The summed E-state index contributed by atoms with van der Waals surface area (Å²) in [4.78, 5) is 31.7. The van der Waals surface area contributed by atoms with Crippen LogP contribution in [0.4, 0.5) is 5.82 Å². The fourth-order valence-electron chi connectivity index (χ4n) is 4.29. The van der Waals surface area contributed by atoms with Crippen LogP contribution in [0.3, 0.4) is 0 Å². The van der Waals surface area contributed by atoms with Crippen LogP contribution in [0.1, 0.15) is 34.8 Å². The molecule has 3 aromatic rings. The molecule has 0 bridgehead atoms. The van der Waals surface area contributed by atoms with E-state index in [2.05, 4.69) is 25.8 Å². The van der Waals surface area contributed by atoms with Crippen molar-refractivity contribution in [3.8, 4) is 6.07 Å². The highest BCUT2D eigenvalue weighted by atomic mass is 32.1. The Labute approximate surface area is 172 Å². The highest BCUT2D eigenvalue weighted by Gasteiger charge is 2.22. The number of nitrogens with one attached hydrogen (secondary N) is 1. The van der Waals surface area contributed by atoms with E-state index in [1.807, 2.05) is 12.1 Å². The lowest BCUT2D eigenvalue weighted by molar-refractivity contribution is 0.243. The number of pyridine rings is 1. The van der Waals surface area contributed by atoms with Crippen molar-refractivity contribution in [2.75, 3.05) is 31.1 Å². The summed E-state index contributed by atoms with van der Waals surface area (Å²) < 4.78 is 0. The zero-order valence-electron chi connectivity index (χ0n) is 16.1. The molecule has 0 radical (unpaired) electrons. The first kappa shape index (κ1) is 18.3. The first-order chi connectivity index (χ1) is 14.2. The van der Waals surface area contributed by atoms with Gasteiger partial charge in [0.2, 0.25) is 0 Å². The lowest BCUT2D eigenvalue weighted by Crippen LogP contribution is -2.46. The Hall–Kier alpha value is -2.76. The van der Waals surface area contributed by atoms with Gasteiger partial charge in [-0.2, -0.15) is 5.26 Å². The first-order valence-corrected chi connectivity index (χ1v) is 10.9. The Morgan fingerprint density at radius 3 is 2.79 bits per heavy atom. The molecule has 8 heteroatoms. The molecule has 0 amide bonds. The van der Waals surface area contributed by atoms with Crippen LogP contribution in [0.25, 0.3) is 10.2 Å². The van der Waals surface area contributed by atoms with E-state index in [9.17, 15) is 4.79 Å². The Morgan fingerprint density at radius 1 is 1.14 bits per heavy atom. The highest BCUT2D eigenvalue weighted by molar-refractivity contribution is 7.18. The topological polar surface area (TPSA) is 88.9 Å². The fourth-order valence-corrected chi connectivity index (χ4v) is 5.57. The molecule has 4 heterocycles. The fraction of sp³-hybridized carbons (Fsp3) is 0.429. The zero-order valence-corrected chi connectivity index (χ0v) is 17.0. The second-order valence-corrected chi connectivity index (χ2v) is 8.74. The Bertz CT molecular complexity index is 1150. The summed E-state index contributed by atoms with van der Waals surface area (Å²) in [6.07, 6.45) is 4.45.